The van der Waals surface area contributed by atoms with Gasteiger partial charge in [-0.05, 0) is 24.3 Å². The third kappa shape index (κ3) is 4.15. The van der Waals surface area contributed by atoms with Gasteiger partial charge in [0.1, 0.15) is 5.82 Å². The van der Waals surface area contributed by atoms with Crippen LogP contribution in [0.15, 0.2) is 46.9 Å². The van der Waals surface area contributed by atoms with Crippen LogP contribution >= 0.6 is 23.2 Å². The molecule has 0 aliphatic carbocycles. The Morgan fingerprint density at radius 1 is 1.08 bits per heavy atom. The fourth-order valence-electron chi connectivity index (χ4n) is 2.14. The Kier molecular flexibility index (Phi) is 5.31. The molecule has 1 heterocycles. The number of halogens is 3. The number of benzene rings is 2. The molecule has 128 valence electrons. The molecule has 0 atom stereocenters. The van der Waals surface area contributed by atoms with Crippen molar-refractivity contribution in [2.45, 2.75) is 12.8 Å². The molecule has 3 rings (SSSR count). The molecule has 0 radical (unpaired) electrons. The van der Waals surface area contributed by atoms with Crippen LogP contribution in [0.5, 0.6) is 0 Å². The number of amides is 1. The summed E-state index contributed by atoms with van der Waals surface area (Å²) in [5.41, 5.74) is 0.571. The second-order valence-electron chi connectivity index (χ2n) is 5.13. The van der Waals surface area contributed by atoms with E-state index < -0.39 is 5.82 Å². The Hall–Kier alpha value is -2.44. The van der Waals surface area contributed by atoms with E-state index in [1.165, 1.54) is 6.07 Å². The second kappa shape index (κ2) is 7.63. The minimum absolute atomic E-state index is 0.0719. The Morgan fingerprint density at radius 3 is 2.52 bits per heavy atom. The number of aryl methyl sites for hydroxylation is 1. The van der Waals surface area contributed by atoms with Crippen molar-refractivity contribution in [2.75, 3.05) is 5.32 Å². The van der Waals surface area contributed by atoms with E-state index in [0.29, 0.717) is 15.7 Å². The molecule has 3 aromatic rings. The third-order valence-corrected chi connectivity index (χ3v) is 3.99. The van der Waals surface area contributed by atoms with Crippen molar-refractivity contribution >= 4 is 34.8 Å². The van der Waals surface area contributed by atoms with E-state index in [1.54, 1.807) is 36.4 Å². The summed E-state index contributed by atoms with van der Waals surface area (Å²) in [5, 5.41) is 11.0. The molecule has 25 heavy (non-hydrogen) atoms. The molecule has 2 aromatic carbocycles. The molecule has 0 aliphatic heterocycles. The van der Waals surface area contributed by atoms with Gasteiger partial charge in [-0.25, -0.2) is 4.39 Å². The molecule has 1 aromatic heterocycles. The van der Waals surface area contributed by atoms with Gasteiger partial charge in [0.25, 0.3) is 5.89 Å². The van der Waals surface area contributed by atoms with Gasteiger partial charge in [-0.1, -0.05) is 41.4 Å². The largest absolute Gasteiger partial charge is 0.421 e. The fourth-order valence-corrected chi connectivity index (χ4v) is 2.63. The lowest BCUT2D eigenvalue weighted by Crippen LogP contribution is -2.13. The highest BCUT2D eigenvalue weighted by Crippen LogP contribution is 2.30. The quantitative estimate of drug-likeness (QED) is 0.694. The zero-order chi connectivity index (χ0) is 17.8. The molecule has 0 saturated heterocycles. The summed E-state index contributed by atoms with van der Waals surface area (Å²) in [4.78, 5) is 12.0. The zero-order valence-electron chi connectivity index (χ0n) is 12.8. The van der Waals surface area contributed by atoms with Crippen LogP contribution < -0.4 is 5.32 Å². The van der Waals surface area contributed by atoms with Gasteiger partial charge in [-0.2, -0.15) is 0 Å². The Morgan fingerprint density at radius 2 is 1.80 bits per heavy atom. The van der Waals surface area contributed by atoms with E-state index in [0.717, 1.165) is 0 Å². The normalized spacial score (nSPS) is 10.7. The maximum absolute atomic E-state index is 13.7. The maximum Gasteiger partial charge on any atom is 0.250 e. The minimum Gasteiger partial charge on any atom is -0.421 e. The molecular weight excluding hydrogens is 368 g/mol. The molecule has 0 unspecified atom stereocenters. The smallest absolute Gasteiger partial charge is 0.250 e. The Bertz CT molecular complexity index is 894. The number of carbonyl (C=O) groups is 1. The maximum atomic E-state index is 13.7. The topological polar surface area (TPSA) is 68.0 Å². The highest BCUT2D eigenvalue weighted by Gasteiger charge is 2.14. The van der Waals surface area contributed by atoms with Crippen LogP contribution in [0.3, 0.4) is 0 Å². The van der Waals surface area contributed by atoms with Crippen LogP contribution in [-0.4, -0.2) is 16.1 Å². The van der Waals surface area contributed by atoms with Gasteiger partial charge in [0.05, 0.1) is 21.3 Å². The average Bonchev–Trinajstić information content (AvgIpc) is 3.06. The fraction of sp³-hybridized carbons (Fsp3) is 0.118. The van der Waals surface area contributed by atoms with Crippen molar-refractivity contribution in [2.24, 2.45) is 0 Å². The molecule has 1 amide bonds. The van der Waals surface area contributed by atoms with E-state index in [-0.39, 0.29) is 36.1 Å². The van der Waals surface area contributed by atoms with Gasteiger partial charge in [0.15, 0.2) is 0 Å². The lowest BCUT2D eigenvalue weighted by Gasteiger charge is -2.08. The lowest BCUT2D eigenvalue weighted by molar-refractivity contribution is -0.116. The highest BCUT2D eigenvalue weighted by atomic mass is 35.5. The van der Waals surface area contributed by atoms with E-state index in [2.05, 4.69) is 15.5 Å². The molecule has 0 spiro atoms. The summed E-state index contributed by atoms with van der Waals surface area (Å²) in [6.45, 7) is 0. The molecule has 0 saturated carbocycles. The van der Waals surface area contributed by atoms with E-state index in [1.807, 2.05) is 0 Å². The third-order valence-electron chi connectivity index (χ3n) is 3.36. The van der Waals surface area contributed by atoms with E-state index in [4.69, 9.17) is 27.6 Å². The molecule has 0 bridgehead atoms. The van der Waals surface area contributed by atoms with Gasteiger partial charge >= 0.3 is 0 Å². The van der Waals surface area contributed by atoms with Gasteiger partial charge in [-0.3, -0.25) is 4.79 Å². The molecule has 1 N–H and O–H groups in total. The SMILES string of the molecule is O=C(CCc1nnc(-c2ccccc2F)o1)Nc1c(Cl)cccc1Cl. The van der Waals surface area contributed by atoms with Gasteiger partial charge in [0.2, 0.25) is 11.8 Å². The Labute approximate surface area is 152 Å². The zero-order valence-corrected chi connectivity index (χ0v) is 14.3. The molecular formula is C17H12Cl2FN3O2. The van der Waals surface area contributed by atoms with Crippen molar-refractivity contribution in [3.05, 3.63) is 64.2 Å². The van der Waals surface area contributed by atoms with Crippen LogP contribution in [0.25, 0.3) is 11.5 Å². The second-order valence-corrected chi connectivity index (χ2v) is 5.94. The first-order valence-corrected chi connectivity index (χ1v) is 8.11. The number of hydrogen-bond donors (Lipinski definition) is 1. The average molecular weight is 380 g/mol. The summed E-state index contributed by atoms with van der Waals surface area (Å²) in [6, 6.07) is 11.0. The number of nitrogens with one attached hydrogen (secondary N) is 1. The lowest BCUT2D eigenvalue weighted by atomic mass is 10.2. The predicted octanol–water partition coefficient (Wildman–Crippen LogP) is 4.75. The summed E-state index contributed by atoms with van der Waals surface area (Å²) in [7, 11) is 0. The van der Waals surface area contributed by atoms with Gasteiger partial charge in [-0.15, -0.1) is 10.2 Å². The first-order chi connectivity index (χ1) is 12.0. The van der Waals surface area contributed by atoms with Crippen molar-refractivity contribution in [1.29, 1.82) is 0 Å². The van der Waals surface area contributed by atoms with Gasteiger partial charge < -0.3 is 9.73 Å². The molecule has 8 heteroatoms. The predicted molar refractivity (Wildman–Crippen MR) is 93.1 cm³/mol. The molecule has 0 aliphatic rings. The van der Waals surface area contributed by atoms with E-state index >= 15 is 0 Å². The van der Waals surface area contributed by atoms with Crippen LogP contribution in [0.4, 0.5) is 10.1 Å². The van der Waals surface area contributed by atoms with Crippen molar-refractivity contribution in [1.82, 2.24) is 10.2 Å². The number of carbonyl (C=O) groups excluding carboxylic acids is 1. The number of hydrogen-bond acceptors (Lipinski definition) is 4. The molecule has 0 fully saturated rings. The summed E-state index contributed by atoms with van der Waals surface area (Å²) >= 11 is 12.0. The first kappa shape index (κ1) is 17.4. The minimum atomic E-state index is -0.455. The number of para-hydroxylation sites is 1. The number of anilines is 1. The van der Waals surface area contributed by atoms with Crippen molar-refractivity contribution < 1.29 is 13.6 Å². The number of rotatable bonds is 5. The summed E-state index contributed by atoms with van der Waals surface area (Å²) in [6.07, 6.45) is 0.288. The van der Waals surface area contributed by atoms with Crippen LogP contribution in [0.1, 0.15) is 12.3 Å². The van der Waals surface area contributed by atoms with Crippen molar-refractivity contribution in [3.8, 4) is 11.5 Å². The summed E-state index contributed by atoms with van der Waals surface area (Å²) in [5.74, 6) is -0.453. The molecule has 5 nitrogen and oxygen atoms in total. The highest BCUT2D eigenvalue weighted by molar-refractivity contribution is 6.39. The van der Waals surface area contributed by atoms with Crippen LogP contribution in [0.2, 0.25) is 10.0 Å². The number of aromatic nitrogens is 2. The van der Waals surface area contributed by atoms with Crippen LogP contribution in [-0.2, 0) is 11.2 Å². The van der Waals surface area contributed by atoms with Gasteiger partial charge in [0, 0.05) is 12.8 Å². The number of nitrogens with zero attached hydrogens (tertiary/aromatic N) is 2. The van der Waals surface area contributed by atoms with Crippen LogP contribution in [0, 0.1) is 5.82 Å². The Balaban J connectivity index is 1.63. The van der Waals surface area contributed by atoms with E-state index in [9.17, 15) is 9.18 Å². The standard InChI is InChI=1S/C17H12Cl2FN3O2/c18-11-5-3-6-12(19)16(11)21-14(24)8-9-15-22-23-17(25-15)10-4-1-2-7-13(10)20/h1-7H,8-9H2,(H,21,24). The van der Waals surface area contributed by atoms with Crippen molar-refractivity contribution in [3.63, 3.8) is 0 Å². The summed E-state index contributed by atoms with van der Waals surface area (Å²) < 4.78 is 19.1. The first-order valence-electron chi connectivity index (χ1n) is 7.36. The monoisotopic (exact) mass is 379 g/mol.